The Kier molecular flexibility index (Phi) is 3.63. The summed E-state index contributed by atoms with van der Waals surface area (Å²) in [7, 11) is 3.45. The van der Waals surface area contributed by atoms with Gasteiger partial charge in [-0.15, -0.1) is 0 Å². The van der Waals surface area contributed by atoms with Crippen LogP contribution in [-0.2, 0) is 9.47 Å². The van der Waals surface area contributed by atoms with E-state index in [-0.39, 0.29) is 12.2 Å². The molecular weight excluding hydrogens is 256 g/mol. The second-order valence-corrected chi connectivity index (χ2v) is 5.35. The van der Waals surface area contributed by atoms with E-state index in [4.69, 9.17) is 9.47 Å². The molecule has 0 bridgehead atoms. The first kappa shape index (κ1) is 13.4. The molecule has 0 atom stereocenters. The number of hydrogen-bond acceptors (Lipinski definition) is 5. The van der Waals surface area contributed by atoms with Crippen molar-refractivity contribution in [2.24, 2.45) is 0 Å². The average molecular weight is 276 g/mol. The summed E-state index contributed by atoms with van der Waals surface area (Å²) in [6, 6.07) is 6.03. The van der Waals surface area contributed by atoms with Gasteiger partial charge in [-0.1, -0.05) is 6.07 Å². The lowest BCUT2D eigenvalue weighted by Crippen LogP contribution is -2.53. The van der Waals surface area contributed by atoms with E-state index in [1.54, 1.807) is 14.2 Å². The summed E-state index contributed by atoms with van der Waals surface area (Å²) in [6.07, 6.45) is 1.52. The molecule has 0 amide bonds. The number of carbonyl (C=O) groups is 1. The fraction of sp³-hybridized carbons (Fsp3) is 0.533. The Morgan fingerprint density at radius 1 is 1.00 bits per heavy atom. The van der Waals surface area contributed by atoms with E-state index in [9.17, 15) is 4.79 Å². The lowest BCUT2D eigenvalue weighted by atomic mass is 10.0. The second-order valence-electron chi connectivity index (χ2n) is 5.35. The molecule has 1 aromatic rings. The molecule has 20 heavy (non-hydrogen) atoms. The minimum Gasteiger partial charge on any atom is -0.378 e. The van der Waals surface area contributed by atoms with E-state index in [0.29, 0.717) is 0 Å². The maximum atomic E-state index is 11.5. The van der Waals surface area contributed by atoms with Gasteiger partial charge in [0.25, 0.3) is 0 Å². The van der Waals surface area contributed by atoms with Crippen LogP contribution < -0.4 is 9.80 Å². The Morgan fingerprint density at radius 3 is 1.80 bits per heavy atom. The predicted octanol–water partition coefficient (Wildman–Crippen LogP) is 1.17. The first-order valence-corrected chi connectivity index (χ1v) is 6.90. The zero-order valence-corrected chi connectivity index (χ0v) is 11.9. The highest BCUT2D eigenvalue weighted by Gasteiger charge is 2.32. The van der Waals surface area contributed by atoms with Gasteiger partial charge in [-0.05, 0) is 12.1 Å². The zero-order valence-electron chi connectivity index (χ0n) is 11.9. The van der Waals surface area contributed by atoms with Crippen LogP contribution in [0.1, 0.15) is 10.4 Å². The van der Waals surface area contributed by atoms with E-state index in [2.05, 4.69) is 9.80 Å². The topological polar surface area (TPSA) is 42.0 Å². The third kappa shape index (κ3) is 2.17. The molecule has 108 valence electrons. The van der Waals surface area contributed by atoms with E-state index >= 15 is 0 Å². The second kappa shape index (κ2) is 5.42. The van der Waals surface area contributed by atoms with Crippen molar-refractivity contribution >= 4 is 17.7 Å². The van der Waals surface area contributed by atoms with Crippen molar-refractivity contribution in [3.63, 3.8) is 0 Å². The number of benzene rings is 1. The van der Waals surface area contributed by atoms with Gasteiger partial charge in [0.1, 0.15) is 0 Å². The molecule has 5 heteroatoms. The van der Waals surface area contributed by atoms with Crippen LogP contribution in [0.25, 0.3) is 0 Å². The maximum Gasteiger partial charge on any atom is 0.154 e. The Labute approximate surface area is 119 Å². The molecule has 0 aliphatic carbocycles. The number of ether oxygens (including phenoxy) is 2. The van der Waals surface area contributed by atoms with Crippen LogP contribution in [-0.4, -0.2) is 58.9 Å². The molecular formula is C15H20N2O3. The Balaban J connectivity index is 1.80. The third-order valence-electron chi connectivity index (χ3n) is 4.22. The molecule has 0 aromatic heterocycles. The smallest absolute Gasteiger partial charge is 0.154 e. The summed E-state index contributed by atoms with van der Waals surface area (Å²) in [5.41, 5.74) is 2.79. The van der Waals surface area contributed by atoms with E-state index in [1.165, 1.54) is 0 Å². The van der Waals surface area contributed by atoms with Gasteiger partial charge in [0.05, 0.1) is 17.8 Å². The van der Waals surface area contributed by atoms with Gasteiger partial charge < -0.3 is 19.3 Å². The standard InChI is InChI=1S/C15H20N2O3/c1-19-11-6-16(7-11)14-4-3-5-15(13(14)10-18)17-8-12(9-17)20-2/h3-5,10-12H,6-9H2,1-2H3. The molecule has 3 rings (SSSR count). The molecule has 0 saturated carbocycles. The fourth-order valence-corrected chi connectivity index (χ4v) is 2.78. The lowest BCUT2D eigenvalue weighted by Gasteiger charge is -2.43. The van der Waals surface area contributed by atoms with Crippen LogP contribution in [0.5, 0.6) is 0 Å². The highest BCUT2D eigenvalue weighted by atomic mass is 16.5. The number of aldehydes is 1. The lowest BCUT2D eigenvalue weighted by molar-refractivity contribution is 0.0778. The number of anilines is 2. The summed E-state index contributed by atoms with van der Waals surface area (Å²) in [5.74, 6) is 0. The monoisotopic (exact) mass is 276 g/mol. The van der Waals surface area contributed by atoms with Gasteiger partial charge in [-0.2, -0.15) is 0 Å². The van der Waals surface area contributed by atoms with Crippen LogP contribution >= 0.6 is 0 Å². The molecule has 0 radical (unpaired) electrons. The highest BCUT2D eigenvalue weighted by Crippen LogP contribution is 2.34. The fourth-order valence-electron chi connectivity index (χ4n) is 2.78. The van der Waals surface area contributed by atoms with Gasteiger partial charge in [0, 0.05) is 51.8 Å². The number of nitrogens with zero attached hydrogens (tertiary/aromatic N) is 2. The first-order chi connectivity index (χ1) is 9.76. The quantitative estimate of drug-likeness (QED) is 0.755. The van der Waals surface area contributed by atoms with Gasteiger partial charge in [0.2, 0.25) is 0 Å². The Morgan fingerprint density at radius 2 is 1.45 bits per heavy atom. The summed E-state index contributed by atoms with van der Waals surface area (Å²) in [4.78, 5) is 15.9. The minimum atomic E-state index is 0.278. The van der Waals surface area contributed by atoms with Gasteiger partial charge in [-0.25, -0.2) is 0 Å². The molecule has 5 nitrogen and oxygen atoms in total. The zero-order chi connectivity index (χ0) is 14.1. The SMILES string of the molecule is COC1CN(c2cccc(N3CC(OC)C3)c2C=O)C1. The van der Waals surface area contributed by atoms with Crippen LogP contribution in [0.15, 0.2) is 18.2 Å². The van der Waals surface area contributed by atoms with Gasteiger partial charge in [0.15, 0.2) is 6.29 Å². The largest absolute Gasteiger partial charge is 0.378 e. The highest BCUT2D eigenvalue weighted by molar-refractivity contribution is 5.93. The number of carbonyl (C=O) groups excluding carboxylic acids is 1. The van der Waals surface area contributed by atoms with E-state index in [1.807, 2.05) is 18.2 Å². The summed E-state index contributed by atoms with van der Waals surface area (Å²) in [5, 5.41) is 0. The maximum absolute atomic E-state index is 11.5. The first-order valence-electron chi connectivity index (χ1n) is 6.90. The molecule has 0 unspecified atom stereocenters. The summed E-state index contributed by atoms with van der Waals surface area (Å²) in [6.45, 7) is 3.39. The van der Waals surface area contributed by atoms with Crippen LogP contribution in [0, 0.1) is 0 Å². The third-order valence-corrected chi connectivity index (χ3v) is 4.22. The molecule has 2 fully saturated rings. The Bertz CT molecular complexity index is 456. The molecule has 2 aliphatic heterocycles. The normalized spacial score (nSPS) is 19.7. The van der Waals surface area contributed by atoms with E-state index < -0.39 is 0 Å². The van der Waals surface area contributed by atoms with Crippen molar-refractivity contribution in [2.45, 2.75) is 12.2 Å². The molecule has 2 heterocycles. The summed E-state index contributed by atoms with van der Waals surface area (Å²) >= 11 is 0. The van der Waals surface area contributed by atoms with Crippen molar-refractivity contribution in [3.8, 4) is 0 Å². The average Bonchev–Trinajstić information content (AvgIpc) is 2.36. The van der Waals surface area contributed by atoms with Crippen molar-refractivity contribution in [1.82, 2.24) is 0 Å². The van der Waals surface area contributed by atoms with Crippen molar-refractivity contribution in [3.05, 3.63) is 23.8 Å². The molecule has 2 aliphatic rings. The van der Waals surface area contributed by atoms with Crippen molar-refractivity contribution < 1.29 is 14.3 Å². The predicted molar refractivity (Wildman–Crippen MR) is 77.8 cm³/mol. The molecule has 2 saturated heterocycles. The molecule has 0 spiro atoms. The van der Waals surface area contributed by atoms with E-state index in [0.717, 1.165) is 49.4 Å². The van der Waals surface area contributed by atoms with Crippen LogP contribution in [0.4, 0.5) is 11.4 Å². The number of methoxy groups -OCH3 is 2. The Hall–Kier alpha value is -1.59. The van der Waals surface area contributed by atoms with Crippen molar-refractivity contribution in [2.75, 3.05) is 50.2 Å². The minimum absolute atomic E-state index is 0.278. The van der Waals surface area contributed by atoms with Crippen LogP contribution in [0.3, 0.4) is 0 Å². The van der Waals surface area contributed by atoms with Gasteiger partial charge in [-0.3, -0.25) is 4.79 Å². The molecule has 1 aromatic carbocycles. The molecule has 0 N–H and O–H groups in total. The van der Waals surface area contributed by atoms with Crippen molar-refractivity contribution in [1.29, 1.82) is 0 Å². The van der Waals surface area contributed by atoms with Gasteiger partial charge >= 0.3 is 0 Å². The number of hydrogen-bond donors (Lipinski definition) is 0. The van der Waals surface area contributed by atoms with Crippen LogP contribution in [0.2, 0.25) is 0 Å². The summed E-state index contributed by atoms with van der Waals surface area (Å²) < 4.78 is 10.6. The number of rotatable bonds is 5.